The van der Waals surface area contributed by atoms with Gasteiger partial charge in [-0.3, -0.25) is 0 Å². The summed E-state index contributed by atoms with van der Waals surface area (Å²) in [6.45, 7) is 6.65. The predicted octanol–water partition coefficient (Wildman–Crippen LogP) is 6.65. The zero-order valence-electron chi connectivity index (χ0n) is 18.5. The van der Waals surface area contributed by atoms with Crippen LogP contribution in [0.2, 0.25) is 0 Å². The number of rotatable bonds is 4. The lowest BCUT2D eigenvalue weighted by molar-refractivity contribution is -0.659. The first kappa shape index (κ1) is 19.5. The summed E-state index contributed by atoms with van der Waals surface area (Å²) in [7, 11) is 2.10. The minimum absolute atomic E-state index is 0.669. The second kappa shape index (κ2) is 7.66. The molecule has 0 saturated heterocycles. The summed E-state index contributed by atoms with van der Waals surface area (Å²) in [4.78, 5) is 4.41. The van der Waals surface area contributed by atoms with Gasteiger partial charge >= 0.3 is 0 Å². The van der Waals surface area contributed by atoms with E-state index in [4.69, 9.17) is 4.42 Å². The Balaban J connectivity index is 1.59. The van der Waals surface area contributed by atoms with E-state index in [0.717, 1.165) is 34.0 Å². The fraction of sp³-hybridized carbons (Fsp3) is 0.214. The zero-order valence-corrected chi connectivity index (χ0v) is 18.5. The Labute approximate surface area is 183 Å². The topological polar surface area (TPSA) is 29.9 Å². The maximum Gasteiger partial charge on any atom is 0.227 e. The summed E-state index contributed by atoms with van der Waals surface area (Å²) in [5.41, 5.74) is 8.85. The Morgan fingerprint density at radius 1 is 0.903 bits per heavy atom. The number of aromatic nitrogens is 2. The lowest BCUT2D eigenvalue weighted by atomic mass is 9.98. The molecular formula is C28H27N2O+. The second-order valence-corrected chi connectivity index (χ2v) is 8.80. The molecule has 0 aliphatic heterocycles. The average Bonchev–Trinajstić information content (AvgIpc) is 3.13. The normalized spacial score (nSPS) is 11.6. The van der Waals surface area contributed by atoms with Gasteiger partial charge in [-0.15, -0.1) is 0 Å². The molecule has 154 valence electrons. The van der Waals surface area contributed by atoms with Gasteiger partial charge in [-0.1, -0.05) is 50.2 Å². The molecule has 0 N–H and O–H groups in total. The number of aryl methyl sites for hydroxylation is 2. The first-order chi connectivity index (χ1) is 15.0. The van der Waals surface area contributed by atoms with Gasteiger partial charge in [0.2, 0.25) is 11.4 Å². The van der Waals surface area contributed by atoms with Crippen molar-refractivity contribution in [1.82, 2.24) is 4.98 Å². The van der Waals surface area contributed by atoms with Crippen molar-refractivity contribution in [2.24, 2.45) is 13.0 Å². The average molecular weight is 408 g/mol. The van der Waals surface area contributed by atoms with Crippen molar-refractivity contribution in [1.29, 1.82) is 0 Å². The Morgan fingerprint density at radius 3 is 2.42 bits per heavy atom. The quantitative estimate of drug-likeness (QED) is 0.312. The molecule has 3 heteroatoms. The van der Waals surface area contributed by atoms with E-state index < -0.39 is 0 Å². The molecule has 3 heterocycles. The fourth-order valence-electron chi connectivity index (χ4n) is 4.43. The Hall–Kier alpha value is -3.46. The highest BCUT2D eigenvalue weighted by molar-refractivity contribution is 6.08. The summed E-state index contributed by atoms with van der Waals surface area (Å²) < 4.78 is 8.40. The molecule has 0 unspecified atom stereocenters. The number of pyridine rings is 2. The van der Waals surface area contributed by atoms with Crippen LogP contribution in [0.1, 0.15) is 25.0 Å². The lowest BCUT2D eigenvalue weighted by Gasteiger charge is -2.08. The van der Waals surface area contributed by atoms with Gasteiger partial charge in [-0.05, 0) is 54.2 Å². The lowest BCUT2D eigenvalue weighted by Crippen LogP contribution is -2.31. The minimum atomic E-state index is 0.669. The van der Waals surface area contributed by atoms with Gasteiger partial charge in [0.25, 0.3) is 0 Å². The van der Waals surface area contributed by atoms with Crippen LogP contribution in [0, 0.1) is 12.8 Å². The van der Waals surface area contributed by atoms with Crippen LogP contribution >= 0.6 is 0 Å². The van der Waals surface area contributed by atoms with E-state index in [1.165, 1.54) is 22.3 Å². The fourth-order valence-corrected chi connectivity index (χ4v) is 4.43. The number of fused-ring (bicyclic) bond motifs is 3. The highest BCUT2D eigenvalue weighted by Crippen LogP contribution is 2.36. The monoisotopic (exact) mass is 407 g/mol. The molecule has 0 fully saturated rings. The van der Waals surface area contributed by atoms with Gasteiger partial charge in [0, 0.05) is 28.6 Å². The van der Waals surface area contributed by atoms with Crippen molar-refractivity contribution in [3.8, 4) is 22.4 Å². The van der Waals surface area contributed by atoms with Gasteiger partial charge in [-0.2, -0.15) is 0 Å². The summed E-state index contributed by atoms with van der Waals surface area (Å²) in [6.07, 6.45) is 5.09. The van der Waals surface area contributed by atoms with E-state index in [-0.39, 0.29) is 0 Å². The van der Waals surface area contributed by atoms with Gasteiger partial charge in [0.05, 0.1) is 5.56 Å². The summed E-state index contributed by atoms with van der Waals surface area (Å²) >= 11 is 0. The van der Waals surface area contributed by atoms with Crippen molar-refractivity contribution in [2.45, 2.75) is 27.2 Å². The molecule has 0 aliphatic carbocycles. The first-order valence-corrected chi connectivity index (χ1v) is 10.9. The Bertz CT molecular complexity index is 1390. The highest BCUT2D eigenvalue weighted by Gasteiger charge is 2.21. The van der Waals surface area contributed by atoms with Gasteiger partial charge in [-0.25, -0.2) is 9.55 Å². The maximum absolute atomic E-state index is 6.21. The van der Waals surface area contributed by atoms with Crippen LogP contribution in [0.3, 0.4) is 0 Å². The van der Waals surface area contributed by atoms with E-state index in [2.05, 4.69) is 98.2 Å². The van der Waals surface area contributed by atoms with Crippen molar-refractivity contribution >= 4 is 22.1 Å². The smallest absolute Gasteiger partial charge is 0.227 e. The van der Waals surface area contributed by atoms with Crippen molar-refractivity contribution in [3.05, 3.63) is 84.2 Å². The molecule has 0 saturated carbocycles. The van der Waals surface area contributed by atoms with Gasteiger partial charge in [0.15, 0.2) is 11.8 Å². The van der Waals surface area contributed by atoms with Crippen LogP contribution in [-0.2, 0) is 13.5 Å². The Morgan fingerprint density at radius 2 is 1.68 bits per heavy atom. The molecule has 5 rings (SSSR count). The third-order valence-electron chi connectivity index (χ3n) is 5.95. The third kappa shape index (κ3) is 3.50. The van der Waals surface area contributed by atoms with Crippen LogP contribution in [0.15, 0.2) is 77.5 Å². The summed E-state index contributed by atoms with van der Waals surface area (Å²) in [5.74, 6) is 0.669. The number of nitrogens with zero attached hydrogens (tertiary/aromatic N) is 2. The first-order valence-electron chi connectivity index (χ1n) is 10.9. The molecule has 2 aromatic carbocycles. The van der Waals surface area contributed by atoms with E-state index in [1.807, 2.05) is 6.07 Å². The Kier molecular flexibility index (Phi) is 4.82. The number of hydrogen-bond donors (Lipinski definition) is 0. The molecule has 31 heavy (non-hydrogen) atoms. The molecule has 0 aliphatic rings. The van der Waals surface area contributed by atoms with Gasteiger partial charge in [0.1, 0.15) is 7.05 Å². The maximum atomic E-state index is 6.21. The highest BCUT2D eigenvalue weighted by atomic mass is 16.3. The number of benzene rings is 2. The summed E-state index contributed by atoms with van der Waals surface area (Å²) in [6, 6.07) is 21.7. The van der Waals surface area contributed by atoms with Crippen molar-refractivity contribution in [3.63, 3.8) is 0 Å². The van der Waals surface area contributed by atoms with E-state index in [9.17, 15) is 0 Å². The standard InChI is InChI=1S/C28H27N2O/c1-18(2)16-20-8-10-21(11-9-20)22-12-14-25(30(4)17-22)26-19(3)7-13-23-24-6-5-15-29-28(24)31-27(23)26/h5-15,17-18H,16H2,1-4H3/q+1. The predicted molar refractivity (Wildman–Crippen MR) is 127 cm³/mol. The van der Waals surface area contributed by atoms with Crippen LogP contribution in [-0.4, -0.2) is 4.98 Å². The van der Waals surface area contributed by atoms with Gasteiger partial charge < -0.3 is 4.42 Å². The molecule has 5 aromatic rings. The van der Waals surface area contributed by atoms with E-state index >= 15 is 0 Å². The number of hydrogen-bond acceptors (Lipinski definition) is 2. The van der Waals surface area contributed by atoms with Crippen molar-refractivity contribution < 1.29 is 8.98 Å². The second-order valence-electron chi connectivity index (χ2n) is 8.80. The molecular weight excluding hydrogens is 380 g/mol. The zero-order chi connectivity index (χ0) is 21.5. The van der Waals surface area contributed by atoms with Crippen molar-refractivity contribution in [2.75, 3.05) is 0 Å². The minimum Gasteiger partial charge on any atom is -0.437 e. The molecule has 0 radical (unpaired) electrons. The molecule has 3 nitrogen and oxygen atoms in total. The van der Waals surface area contributed by atoms with Crippen LogP contribution < -0.4 is 4.57 Å². The molecule has 0 atom stereocenters. The number of furan rings is 1. The van der Waals surface area contributed by atoms with E-state index in [0.29, 0.717) is 11.6 Å². The SMILES string of the molecule is Cc1ccc2c(oc3ncccc32)c1-c1ccc(-c2ccc(CC(C)C)cc2)c[n+]1C. The van der Waals surface area contributed by atoms with Crippen LogP contribution in [0.4, 0.5) is 0 Å². The largest absolute Gasteiger partial charge is 0.437 e. The van der Waals surface area contributed by atoms with Crippen LogP contribution in [0.5, 0.6) is 0 Å². The van der Waals surface area contributed by atoms with Crippen LogP contribution in [0.25, 0.3) is 44.5 Å². The summed E-state index contributed by atoms with van der Waals surface area (Å²) in [5, 5.41) is 2.16. The molecule has 0 spiro atoms. The molecule has 0 amide bonds. The molecule has 3 aromatic heterocycles. The third-order valence-corrected chi connectivity index (χ3v) is 5.95. The molecule has 0 bridgehead atoms. The van der Waals surface area contributed by atoms with E-state index in [1.54, 1.807) is 6.20 Å².